The molecule has 3 rings (SSSR count). The first kappa shape index (κ1) is 20.7. The molecule has 0 saturated carbocycles. The fourth-order valence-corrected chi connectivity index (χ4v) is 3.15. The Balaban J connectivity index is 1.52. The SMILES string of the molecule is CC(C)(CNC(=O)[C@@H](N)Cc1cn(Cc2ccccc2)cn1)c1ccc(F)cc1. The Bertz CT molecular complexity index is 935. The maximum Gasteiger partial charge on any atom is 0.237 e. The van der Waals surface area contributed by atoms with Crippen LogP contribution in [0.15, 0.2) is 67.1 Å². The molecule has 0 radical (unpaired) electrons. The number of nitrogens with two attached hydrogens (primary N) is 1. The molecule has 1 heterocycles. The van der Waals surface area contributed by atoms with Gasteiger partial charge in [-0.15, -0.1) is 0 Å². The number of imidazole rings is 1. The van der Waals surface area contributed by atoms with Crippen molar-refractivity contribution in [3.63, 3.8) is 0 Å². The quantitative estimate of drug-likeness (QED) is 0.617. The van der Waals surface area contributed by atoms with Gasteiger partial charge in [0.1, 0.15) is 5.82 Å². The van der Waals surface area contributed by atoms with E-state index in [0.29, 0.717) is 13.0 Å². The molecule has 0 aliphatic rings. The number of nitrogens with one attached hydrogen (secondary N) is 1. The fourth-order valence-electron chi connectivity index (χ4n) is 3.15. The molecule has 152 valence electrons. The van der Waals surface area contributed by atoms with E-state index in [-0.39, 0.29) is 17.1 Å². The monoisotopic (exact) mass is 394 g/mol. The Morgan fingerprint density at radius 2 is 1.86 bits per heavy atom. The molecule has 3 N–H and O–H groups in total. The fraction of sp³-hybridized carbons (Fsp3) is 0.304. The number of hydrogen-bond donors (Lipinski definition) is 2. The van der Waals surface area contributed by atoms with E-state index in [0.717, 1.165) is 17.8 Å². The molecule has 0 bridgehead atoms. The number of halogens is 1. The zero-order valence-electron chi connectivity index (χ0n) is 16.8. The van der Waals surface area contributed by atoms with Crippen LogP contribution in [0.4, 0.5) is 4.39 Å². The van der Waals surface area contributed by atoms with Crippen molar-refractivity contribution in [3.8, 4) is 0 Å². The van der Waals surface area contributed by atoms with Crippen molar-refractivity contribution in [2.75, 3.05) is 6.54 Å². The molecule has 0 unspecified atom stereocenters. The summed E-state index contributed by atoms with van der Waals surface area (Å²) < 4.78 is 15.1. The van der Waals surface area contributed by atoms with Crippen LogP contribution in [0.5, 0.6) is 0 Å². The van der Waals surface area contributed by atoms with Gasteiger partial charge >= 0.3 is 0 Å². The molecule has 1 atom stereocenters. The van der Waals surface area contributed by atoms with Gasteiger partial charge in [-0.1, -0.05) is 56.3 Å². The zero-order valence-corrected chi connectivity index (χ0v) is 16.8. The molecule has 0 saturated heterocycles. The highest BCUT2D eigenvalue weighted by atomic mass is 19.1. The van der Waals surface area contributed by atoms with Gasteiger partial charge in [-0.2, -0.15) is 0 Å². The second kappa shape index (κ2) is 9.01. The minimum Gasteiger partial charge on any atom is -0.354 e. The van der Waals surface area contributed by atoms with Crippen LogP contribution >= 0.6 is 0 Å². The van der Waals surface area contributed by atoms with Crippen LogP contribution in [0.2, 0.25) is 0 Å². The maximum absolute atomic E-state index is 13.1. The summed E-state index contributed by atoms with van der Waals surface area (Å²) in [6, 6.07) is 15.7. The molecule has 1 aromatic heterocycles. The number of benzene rings is 2. The lowest BCUT2D eigenvalue weighted by atomic mass is 9.84. The van der Waals surface area contributed by atoms with E-state index >= 15 is 0 Å². The third kappa shape index (κ3) is 5.74. The van der Waals surface area contributed by atoms with Gasteiger partial charge < -0.3 is 15.6 Å². The summed E-state index contributed by atoms with van der Waals surface area (Å²) >= 11 is 0. The molecular weight excluding hydrogens is 367 g/mol. The average molecular weight is 394 g/mol. The van der Waals surface area contributed by atoms with E-state index in [9.17, 15) is 9.18 Å². The van der Waals surface area contributed by atoms with Gasteiger partial charge in [-0.25, -0.2) is 9.37 Å². The molecule has 29 heavy (non-hydrogen) atoms. The minimum absolute atomic E-state index is 0.224. The molecular formula is C23H27FN4O. The van der Waals surface area contributed by atoms with Crippen LogP contribution in [0.25, 0.3) is 0 Å². The average Bonchev–Trinajstić information content (AvgIpc) is 3.14. The number of amides is 1. The van der Waals surface area contributed by atoms with Gasteiger partial charge in [0.05, 0.1) is 18.1 Å². The number of carbonyl (C=O) groups excluding carboxylic acids is 1. The summed E-state index contributed by atoms with van der Waals surface area (Å²) in [5.74, 6) is -0.500. The van der Waals surface area contributed by atoms with E-state index < -0.39 is 6.04 Å². The topological polar surface area (TPSA) is 72.9 Å². The Morgan fingerprint density at radius 3 is 2.55 bits per heavy atom. The molecule has 1 amide bonds. The first-order valence-corrected chi connectivity index (χ1v) is 9.67. The second-order valence-electron chi connectivity index (χ2n) is 7.94. The van der Waals surface area contributed by atoms with E-state index in [4.69, 9.17) is 5.73 Å². The summed E-state index contributed by atoms with van der Waals surface area (Å²) in [4.78, 5) is 16.8. The van der Waals surface area contributed by atoms with Gasteiger partial charge in [-0.3, -0.25) is 4.79 Å². The van der Waals surface area contributed by atoms with Crippen molar-refractivity contribution in [1.82, 2.24) is 14.9 Å². The van der Waals surface area contributed by atoms with Crippen molar-refractivity contribution in [1.29, 1.82) is 0 Å². The summed E-state index contributed by atoms with van der Waals surface area (Å²) in [7, 11) is 0. The van der Waals surface area contributed by atoms with E-state index in [1.807, 2.05) is 42.8 Å². The third-order valence-electron chi connectivity index (χ3n) is 4.99. The van der Waals surface area contributed by atoms with Crippen LogP contribution in [0.1, 0.15) is 30.7 Å². The number of hydrogen-bond acceptors (Lipinski definition) is 3. The molecule has 0 aliphatic heterocycles. The van der Waals surface area contributed by atoms with Crippen molar-refractivity contribution in [3.05, 3.63) is 89.8 Å². The molecule has 0 fully saturated rings. The smallest absolute Gasteiger partial charge is 0.237 e. The highest BCUT2D eigenvalue weighted by Gasteiger charge is 2.23. The predicted octanol–water partition coefficient (Wildman–Crippen LogP) is 3.03. The lowest BCUT2D eigenvalue weighted by Gasteiger charge is -2.26. The van der Waals surface area contributed by atoms with E-state index in [1.165, 1.54) is 17.7 Å². The van der Waals surface area contributed by atoms with Crippen LogP contribution < -0.4 is 11.1 Å². The van der Waals surface area contributed by atoms with Crippen molar-refractivity contribution in [2.45, 2.75) is 38.3 Å². The van der Waals surface area contributed by atoms with Crippen molar-refractivity contribution in [2.24, 2.45) is 5.73 Å². The summed E-state index contributed by atoms with van der Waals surface area (Å²) in [6.45, 7) is 5.13. The molecule has 6 heteroatoms. The standard InChI is InChI=1S/C23H27FN4O/c1-23(2,18-8-10-19(24)11-9-18)15-26-22(29)21(25)12-20-14-28(16-27-20)13-17-6-4-3-5-7-17/h3-11,14,16,21H,12-13,15,25H2,1-2H3,(H,26,29)/t21-/m0/s1. The molecule has 0 aliphatic carbocycles. The Morgan fingerprint density at radius 1 is 1.17 bits per heavy atom. The first-order chi connectivity index (χ1) is 13.8. The lowest BCUT2D eigenvalue weighted by Crippen LogP contribution is -2.46. The summed E-state index contributed by atoms with van der Waals surface area (Å²) in [5.41, 5.74) is 8.67. The van der Waals surface area contributed by atoms with Gasteiger partial charge in [0.25, 0.3) is 0 Å². The maximum atomic E-state index is 13.1. The number of aromatic nitrogens is 2. The van der Waals surface area contributed by atoms with Gasteiger partial charge in [0.2, 0.25) is 5.91 Å². The Kier molecular flexibility index (Phi) is 6.44. The van der Waals surface area contributed by atoms with Gasteiger partial charge in [0, 0.05) is 31.1 Å². The zero-order chi connectivity index (χ0) is 20.9. The first-order valence-electron chi connectivity index (χ1n) is 9.67. The molecule has 5 nitrogen and oxygen atoms in total. The number of nitrogens with zero attached hydrogens (tertiary/aromatic N) is 2. The minimum atomic E-state index is -0.681. The van der Waals surface area contributed by atoms with Crippen LogP contribution in [0, 0.1) is 5.82 Å². The van der Waals surface area contributed by atoms with Gasteiger partial charge in [-0.05, 0) is 23.3 Å². The van der Waals surface area contributed by atoms with Crippen LogP contribution in [-0.4, -0.2) is 28.0 Å². The van der Waals surface area contributed by atoms with Gasteiger partial charge in [0.15, 0.2) is 0 Å². The highest BCUT2D eigenvalue weighted by Crippen LogP contribution is 2.22. The highest BCUT2D eigenvalue weighted by molar-refractivity contribution is 5.81. The Labute approximate surface area is 170 Å². The van der Waals surface area contributed by atoms with Crippen LogP contribution in [0.3, 0.4) is 0 Å². The second-order valence-corrected chi connectivity index (χ2v) is 7.94. The van der Waals surface area contributed by atoms with E-state index in [1.54, 1.807) is 18.5 Å². The number of rotatable bonds is 8. The summed E-state index contributed by atoms with van der Waals surface area (Å²) in [5, 5.41) is 2.91. The Hall–Kier alpha value is -2.99. The largest absolute Gasteiger partial charge is 0.354 e. The molecule has 2 aromatic carbocycles. The van der Waals surface area contributed by atoms with Crippen molar-refractivity contribution >= 4 is 5.91 Å². The number of carbonyl (C=O) groups is 1. The predicted molar refractivity (Wildman–Crippen MR) is 112 cm³/mol. The van der Waals surface area contributed by atoms with E-state index in [2.05, 4.69) is 22.4 Å². The summed E-state index contributed by atoms with van der Waals surface area (Å²) in [6.07, 6.45) is 4.04. The normalized spacial score (nSPS) is 12.6. The van der Waals surface area contributed by atoms with Crippen LogP contribution in [-0.2, 0) is 23.2 Å². The third-order valence-corrected chi connectivity index (χ3v) is 4.99. The molecule has 3 aromatic rings. The lowest BCUT2D eigenvalue weighted by molar-refractivity contribution is -0.122. The van der Waals surface area contributed by atoms with Crippen molar-refractivity contribution < 1.29 is 9.18 Å². The molecule has 0 spiro atoms.